The highest BCUT2D eigenvalue weighted by Gasteiger charge is 2.14. The van der Waals surface area contributed by atoms with Gasteiger partial charge in [0.2, 0.25) is 0 Å². The fourth-order valence-electron chi connectivity index (χ4n) is 1.35. The van der Waals surface area contributed by atoms with Crippen LogP contribution in [0.4, 0.5) is 5.69 Å². The van der Waals surface area contributed by atoms with Crippen LogP contribution in [0.1, 0.15) is 5.56 Å². The van der Waals surface area contributed by atoms with Gasteiger partial charge in [-0.25, -0.2) is 0 Å². The summed E-state index contributed by atoms with van der Waals surface area (Å²) in [5, 5.41) is 10.5. The number of halogens is 1. The molecule has 0 aromatic heterocycles. The zero-order valence-corrected chi connectivity index (χ0v) is 8.52. The summed E-state index contributed by atoms with van der Waals surface area (Å²) >= 11 is 3.39. The zero-order valence-electron chi connectivity index (χ0n) is 6.93. The van der Waals surface area contributed by atoms with E-state index in [9.17, 15) is 0 Å². The molecule has 0 unspecified atom stereocenters. The van der Waals surface area contributed by atoms with Crippen molar-refractivity contribution in [3.05, 3.63) is 22.2 Å². The van der Waals surface area contributed by atoms with Crippen LogP contribution >= 0.6 is 15.9 Å². The van der Waals surface area contributed by atoms with Crippen molar-refractivity contribution in [2.75, 3.05) is 18.5 Å². The van der Waals surface area contributed by atoms with Gasteiger partial charge in [-0.2, -0.15) is 0 Å². The van der Waals surface area contributed by atoms with Gasteiger partial charge in [-0.1, -0.05) is 15.9 Å². The molecule has 1 aliphatic heterocycles. The summed E-state index contributed by atoms with van der Waals surface area (Å²) in [6.45, 7) is 1.48. The van der Waals surface area contributed by atoms with Crippen LogP contribution in [-0.4, -0.2) is 19.4 Å². The highest BCUT2D eigenvalue weighted by atomic mass is 79.9. The standard InChI is InChI=1S/C9H9BrN2O/c10-7-1-2-8-9(6(7)5-11)12-3-4-13-8/h1-2,5,11-12H,3-4H2. The Morgan fingerprint density at radius 2 is 2.38 bits per heavy atom. The summed E-state index contributed by atoms with van der Waals surface area (Å²) < 4.78 is 6.35. The van der Waals surface area contributed by atoms with Gasteiger partial charge in [0.1, 0.15) is 12.4 Å². The second-order valence-electron chi connectivity index (χ2n) is 2.75. The fraction of sp³-hybridized carbons (Fsp3) is 0.222. The van der Waals surface area contributed by atoms with E-state index in [-0.39, 0.29) is 0 Å². The quantitative estimate of drug-likeness (QED) is 0.740. The molecule has 4 heteroatoms. The number of fused-ring (bicyclic) bond motifs is 1. The topological polar surface area (TPSA) is 45.1 Å². The van der Waals surface area contributed by atoms with E-state index < -0.39 is 0 Å². The Hall–Kier alpha value is -1.03. The highest BCUT2D eigenvalue weighted by Crippen LogP contribution is 2.34. The SMILES string of the molecule is N=Cc1c(Br)ccc2c1NCCO2. The smallest absolute Gasteiger partial charge is 0.143 e. The average molecular weight is 241 g/mol. The van der Waals surface area contributed by atoms with E-state index >= 15 is 0 Å². The lowest BCUT2D eigenvalue weighted by Crippen LogP contribution is -2.19. The first-order valence-corrected chi connectivity index (χ1v) is 4.82. The summed E-state index contributed by atoms with van der Waals surface area (Å²) in [6.07, 6.45) is 1.32. The highest BCUT2D eigenvalue weighted by molar-refractivity contribution is 9.10. The maximum atomic E-state index is 7.27. The van der Waals surface area contributed by atoms with Crippen LogP contribution in [0.2, 0.25) is 0 Å². The van der Waals surface area contributed by atoms with Crippen molar-refractivity contribution < 1.29 is 4.74 Å². The van der Waals surface area contributed by atoms with Crippen molar-refractivity contribution in [3.8, 4) is 5.75 Å². The Bertz CT molecular complexity index is 352. The monoisotopic (exact) mass is 240 g/mol. The molecular weight excluding hydrogens is 232 g/mol. The lowest BCUT2D eigenvalue weighted by Gasteiger charge is -2.21. The van der Waals surface area contributed by atoms with Gasteiger partial charge >= 0.3 is 0 Å². The van der Waals surface area contributed by atoms with Crippen LogP contribution in [-0.2, 0) is 0 Å². The average Bonchev–Trinajstić information content (AvgIpc) is 2.18. The van der Waals surface area contributed by atoms with E-state index in [2.05, 4.69) is 21.2 Å². The number of nitrogens with one attached hydrogen (secondary N) is 2. The number of hydrogen-bond acceptors (Lipinski definition) is 3. The molecule has 0 spiro atoms. The van der Waals surface area contributed by atoms with Crippen LogP contribution in [0.3, 0.4) is 0 Å². The molecule has 2 rings (SSSR count). The van der Waals surface area contributed by atoms with Gasteiger partial charge in [0.25, 0.3) is 0 Å². The van der Waals surface area contributed by atoms with Crippen LogP contribution in [0, 0.1) is 5.41 Å². The first-order valence-electron chi connectivity index (χ1n) is 4.02. The van der Waals surface area contributed by atoms with Crippen LogP contribution in [0.15, 0.2) is 16.6 Å². The molecule has 1 heterocycles. The summed E-state index contributed by atoms with van der Waals surface area (Å²) in [5.74, 6) is 0.827. The van der Waals surface area contributed by atoms with Gasteiger partial charge in [0.15, 0.2) is 0 Å². The number of rotatable bonds is 1. The van der Waals surface area contributed by atoms with Gasteiger partial charge in [0.05, 0.1) is 5.69 Å². The second-order valence-corrected chi connectivity index (χ2v) is 3.61. The Morgan fingerprint density at radius 1 is 1.54 bits per heavy atom. The van der Waals surface area contributed by atoms with E-state index in [1.165, 1.54) is 6.21 Å². The van der Waals surface area contributed by atoms with Crippen molar-refractivity contribution in [1.29, 1.82) is 5.41 Å². The lowest BCUT2D eigenvalue weighted by molar-refractivity contribution is 0.323. The zero-order chi connectivity index (χ0) is 9.26. The Labute approximate surface area is 84.7 Å². The largest absolute Gasteiger partial charge is 0.490 e. The Kier molecular flexibility index (Phi) is 2.22. The first-order chi connectivity index (χ1) is 6.33. The van der Waals surface area contributed by atoms with Crippen molar-refractivity contribution in [3.63, 3.8) is 0 Å². The second kappa shape index (κ2) is 3.38. The molecule has 0 saturated heterocycles. The number of benzene rings is 1. The van der Waals surface area contributed by atoms with Crippen molar-refractivity contribution in [2.45, 2.75) is 0 Å². The molecule has 1 aliphatic rings. The molecule has 1 aromatic rings. The molecule has 0 aliphatic carbocycles. The summed E-state index contributed by atoms with van der Waals surface area (Å²) in [7, 11) is 0. The van der Waals surface area contributed by atoms with E-state index in [0.29, 0.717) is 6.61 Å². The van der Waals surface area contributed by atoms with E-state index in [4.69, 9.17) is 10.1 Å². The predicted octanol–water partition coefficient (Wildman–Crippen LogP) is 2.25. The maximum absolute atomic E-state index is 7.27. The van der Waals surface area contributed by atoms with E-state index in [0.717, 1.165) is 28.0 Å². The Morgan fingerprint density at radius 3 is 3.15 bits per heavy atom. The first kappa shape index (κ1) is 8.56. The van der Waals surface area contributed by atoms with Crippen molar-refractivity contribution in [2.24, 2.45) is 0 Å². The molecule has 0 bridgehead atoms. The predicted molar refractivity (Wildman–Crippen MR) is 56.0 cm³/mol. The summed E-state index contributed by atoms with van der Waals surface area (Å²) in [5.41, 5.74) is 1.76. The van der Waals surface area contributed by atoms with Crippen LogP contribution < -0.4 is 10.1 Å². The molecule has 0 fully saturated rings. The normalized spacial score (nSPS) is 13.9. The van der Waals surface area contributed by atoms with Crippen LogP contribution in [0.25, 0.3) is 0 Å². The van der Waals surface area contributed by atoms with E-state index in [1.54, 1.807) is 0 Å². The van der Waals surface area contributed by atoms with Gasteiger partial charge in [0, 0.05) is 22.8 Å². The molecule has 3 nitrogen and oxygen atoms in total. The fourth-order valence-corrected chi connectivity index (χ4v) is 1.80. The summed E-state index contributed by atoms with van der Waals surface area (Å²) in [6, 6.07) is 3.80. The van der Waals surface area contributed by atoms with Crippen molar-refractivity contribution in [1.82, 2.24) is 0 Å². The van der Waals surface area contributed by atoms with Gasteiger partial charge in [-0.05, 0) is 12.1 Å². The molecular formula is C9H9BrN2O. The van der Waals surface area contributed by atoms with Crippen LogP contribution in [0.5, 0.6) is 5.75 Å². The third kappa shape index (κ3) is 1.42. The molecule has 13 heavy (non-hydrogen) atoms. The summed E-state index contributed by atoms with van der Waals surface area (Å²) in [4.78, 5) is 0. The lowest BCUT2D eigenvalue weighted by atomic mass is 10.1. The Balaban J connectivity index is 2.58. The minimum absolute atomic E-state index is 0.687. The third-order valence-electron chi connectivity index (χ3n) is 1.96. The molecule has 1 aromatic carbocycles. The minimum Gasteiger partial charge on any atom is -0.490 e. The molecule has 0 atom stereocenters. The molecule has 0 saturated carbocycles. The number of ether oxygens (including phenoxy) is 1. The number of anilines is 1. The molecule has 68 valence electrons. The molecule has 0 amide bonds. The van der Waals surface area contributed by atoms with E-state index in [1.807, 2.05) is 12.1 Å². The molecule has 0 radical (unpaired) electrons. The maximum Gasteiger partial charge on any atom is 0.143 e. The third-order valence-corrected chi connectivity index (χ3v) is 2.65. The van der Waals surface area contributed by atoms with Gasteiger partial charge in [-0.15, -0.1) is 0 Å². The van der Waals surface area contributed by atoms with Gasteiger partial charge in [-0.3, -0.25) is 0 Å². The number of hydrogen-bond donors (Lipinski definition) is 2. The minimum atomic E-state index is 0.687. The molecule has 2 N–H and O–H groups in total. The van der Waals surface area contributed by atoms with Crippen molar-refractivity contribution >= 4 is 27.8 Å². The van der Waals surface area contributed by atoms with Gasteiger partial charge < -0.3 is 15.5 Å².